The molecule has 16 heavy (non-hydrogen) atoms. The number of benzene rings is 1. The number of halogens is 2. The van der Waals surface area contributed by atoms with E-state index in [-0.39, 0.29) is 12.0 Å². The van der Waals surface area contributed by atoms with E-state index in [2.05, 4.69) is 5.32 Å². The number of aliphatic hydroxyl groups excluding tert-OH is 1. The van der Waals surface area contributed by atoms with E-state index in [4.69, 9.17) is 23.2 Å². The minimum Gasteiger partial charge on any atom is -0.393 e. The highest BCUT2D eigenvalue weighted by atomic mass is 35.5. The lowest BCUT2D eigenvalue weighted by molar-refractivity contribution is 0.0792. The summed E-state index contributed by atoms with van der Waals surface area (Å²) in [5, 5.41) is 14.6. The first kappa shape index (κ1) is 12.2. The van der Waals surface area contributed by atoms with Crippen LogP contribution in [0.1, 0.15) is 12.0 Å². The maximum atomic E-state index is 9.87. The van der Waals surface area contributed by atoms with Gasteiger partial charge in [0.15, 0.2) is 0 Å². The molecule has 0 aromatic heterocycles. The van der Waals surface area contributed by atoms with Crippen molar-refractivity contribution >= 4 is 23.2 Å². The van der Waals surface area contributed by atoms with Crippen LogP contribution in [-0.2, 0) is 6.42 Å². The van der Waals surface area contributed by atoms with Gasteiger partial charge in [-0.15, -0.1) is 0 Å². The number of hydrogen-bond donors (Lipinski definition) is 2. The average molecular weight is 260 g/mol. The van der Waals surface area contributed by atoms with Gasteiger partial charge < -0.3 is 10.4 Å². The zero-order chi connectivity index (χ0) is 11.5. The lowest BCUT2D eigenvalue weighted by Crippen LogP contribution is -2.40. The minimum absolute atomic E-state index is 0.227. The van der Waals surface area contributed by atoms with Crippen LogP contribution in [0.25, 0.3) is 0 Å². The van der Waals surface area contributed by atoms with Crippen molar-refractivity contribution in [1.82, 2.24) is 5.32 Å². The first-order chi connectivity index (χ1) is 7.66. The van der Waals surface area contributed by atoms with Crippen LogP contribution in [-0.4, -0.2) is 24.3 Å². The molecule has 1 aromatic carbocycles. The summed E-state index contributed by atoms with van der Waals surface area (Å²) in [6.07, 6.45) is 1.34. The van der Waals surface area contributed by atoms with Gasteiger partial charge in [0, 0.05) is 22.5 Å². The van der Waals surface area contributed by atoms with Crippen LogP contribution in [0, 0.1) is 5.92 Å². The fourth-order valence-electron chi connectivity index (χ4n) is 2.10. The molecule has 2 unspecified atom stereocenters. The van der Waals surface area contributed by atoms with Crippen LogP contribution in [0.4, 0.5) is 0 Å². The van der Waals surface area contributed by atoms with E-state index < -0.39 is 0 Å². The number of rotatable bonds is 2. The maximum Gasteiger partial charge on any atom is 0.0595 e. The highest BCUT2D eigenvalue weighted by Gasteiger charge is 2.23. The summed E-state index contributed by atoms with van der Waals surface area (Å²) in [5.41, 5.74) is 1.02. The van der Waals surface area contributed by atoms with Crippen LogP contribution < -0.4 is 5.32 Å². The Morgan fingerprint density at radius 1 is 1.38 bits per heavy atom. The third kappa shape index (κ3) is 2.89. The molecule has 0 amide bonds. The molecular formula is C12H15Cl2NO. The van der Waals surface area contributed by atoms with Gasteiger partial charge in [-0.2, -0.15) is 0 Å². The van der Waals surface area contributed by atoms with Crippen LogP contribution in [0.3, 0.4) is 0 Å². The zero-order valence-corrected chi connectivity index (χ0v) is 10.4. The molecule has 4 heteroatoms. The van der Waals surface area contributed by atoms with Crippen molar-refractivity contribution < 1.29 is 5.11 Å². The van der Waals surface area contributed by atoms with Gasteiger partial charge >= 0.3 is 0 Å². The Labute approximate surface area is 106 Å². The molecule has 1 fully saturated rings. The van der Waals surface area contributed by atoms with Crippen molar-refractivity contribution in [3.63, 3.8) is 0 Å². The lowest BCUT2D eigenvalue weighted by Gasteiger charge is -2.28. The second-order valence-corrected chi connectivity index (χ2v) is 5.10. The molecular weight excluding hydrogens is 245 g/mol. The Balaban J connectivity index is 2.10. The molecule has 1 aromatic rings. The molecule has 0 bridgehead atoms. The van der Waals surface area contributed by atoms with Crippen LogP contribution >= 0.6 is 23.2 Å². The average Bonchev–Trinajstić information content (AvgIpc) is 2.27. The smallest absolute Gasteiger partial charge is 0.0595 e. The van der Waals surface area contributed by atoms with E-state index >= 15 is 0 Å². The van der Waals surface area contributed by atoms with Gasteiger partial charge in [0.1, 0.15) is 0 Å². The van der Waals surface area contributed by atoms with E-state index in [1.807, 2.05) is 12.1 Å². The maximum absolute atomic E-state index is 9.87. The molecule has 88 valence electrons. The molecule has 0 saturated carbocycles. The summed E-state index contributed by atoms with van der Waals surface area (Å²) in [6, 6.07) is 5.47. The van der Waals surface area contributed by atoms with Crippen molar-refractivity contribution in [2.24, 2.45) is 5.92 Å². The highest BCUT2D eigenvalue weighted by Crippen LogP contribution is 2.25. The molecule has 0 spiro atoms. The van der Waals surface area contributed by atoms with E-state index in [1.165, 1.54) is 0 Å². The first-order valence-electron chi connectivity index (χ1n) is 5.49. The fraction of sp³-hybridized carbons (Fsp3) is 0.500. The highest BCUT2D eigenvalue weighted by molar-refractivity contribution is 6.33. The molecule has 0 radical (unpaired) electrons. The second-order valence-electron chi connectivity index (χ2n) is 4.26. The molecule has 1 saturated heterocycles. The third-order valence-corrected chi connectivity index (χ3v) is 3.66. The number of piperidine rings is 1. The Bertz CT molecular complexity index is 370. The predicted octanol–water partition coefficient (Wildman–Crippen LogP) is 2.51. The van der Waals surface area contributed by atoms with Crippen molar-refractivity contribution in [1.29, 1.82) is 0 Å². The quantitative estimate of drug-likeness (QED) is 0.856. The molecule has 1 aliphatic heterocycles. The molecule has 1 heterocycles. The summed E-state index contributed by atoms with van der Waals surface area (Å²) in [6.45, 7) is 1.73. The SMILES string of the molecule is OC1CCNCC1Cc1cc(Cl)ccc1Cl. The molecule has 2 N–H and O–H groups in total. The molecule has 2 nitrogen and oxygen atoms in total. The zero-order valence-electron chi connectivity index (χ0n) is 8.92. The van der Waals surface area contributed by atoms with E-state index in [9.17, 15) is 5.11 Å². The topological polar surface area (TPSA) is 32.3 Å². The summed E-state index contributed by atoms with van der Waals surface area (Å²) >= 11 is 12.0. The monoisotopic (exact) mass is 259 g/mol. The Morgan fingerprint density at radius 3 is 2.94 bits per heavy atom. The molecule has 2 atom stereocenters. The summed E-state index contributed by atoms with van der Waals surface area (Å²) in [5.74, 6) is 0.227. The lowest BCUT2D eigenvalue weighted by atomic mass is 9.90. The van der Waals surface area contributed by atoms with E-state index in [0.717, 1.165) is 36.5 Å². The third-order valence-electron chi connectivity index (χ3n) is 3.06. The van der Waals surface area contributed by atoms with Gasteiger partial charge in [0.05, 0.1) is 6.10 Å². The number of hydrogen-bond acceptors (Lipinski definition) is 2. The summed E-state index contributed by atoms with van der Waals surface area (Å²) in [4.78, 5) is 0. The van der Waals surface area contributed by atoms with Crippen molar-refractivity contribution in [3.05, 3.63) is 33.8 Å². The van der Waals surface area contributed by atoms with Gasteiger partial charge in [0.25, 0.3) is 0 Å². The standard InChI is InChI=1S/C12H15Cl2NO/c13-10-1-2-11(14)8(6-10)5-9-7-15-4-3-12(9)16/h1-2,6,9,12,15-16H,3-5,7H2. The minimum atomic E-state index is -0.240. The summed E-state index contributed by atoms with van der Waals surface area (Å²) < 4.78 is 0. The fourth-order valence-corrected chi connectivity index (χ4v) is 2.49. The Hall–Kier alpha value is -0.280. The molecule has 0 aliphatic carbocycles. The predicted molar refractivity (Wildman–Crippen MR) is 67.1 cm³/mol. The van der Waals surface area contributed by atoms with Gasteiger partial charge in [-0.05, 0) is 43.1 Å². The number of aliphatic hydroxyl groups is 1. The van der Waals surface area contributed by atoms with Crippen molar-refractivity contribution in [2.75, 3.05) is 13.1 Å². The largest absolute Gasteiger partial charge is 0.393 e. The van der Waals surface area contributed by atoms with Crippen LogP contribution in [0.15, 0.2) is 18.2 Å². The molecule has 2 rings (SSSR count). The second kappa shape index (κ2) is 5.37. The van der Waals surface area contributed by atoms with E-state index in [1.54, 1.807) is 6.07 Å². The first-order valence-corrected chi connectivity index (χ1v) is 6.25. The van der Waals surface area contributed by atoms with Crippen molar-refractivity contribution in [2.45, 2.75) is 18.9 Å². The Morgan fingerprint density at radius 2 is 2.19 bits per heavy atom. The Kier molecular flexibility index (Phi) is 4.09. The van der Waals surface area contributed by atoms with Gasteiger partial charge in [-0.1, -0.05) is 23.2 Å². The van der Waals surface area contributed by atoms with Crippen LogP contribution in [0.5, 0.6) is 0 Å². The summed E-state index contributed by atoms with van der Waals surface area (Å²) in [7, 11) is 0. The van der Waals surface area contributed by atoms with Crippen LogP contribution in [0.2, 0.25) is 10.0 Å². The number of nitrogens with one attached hydrogen (secondary N) is 1. The van der Waals surface area contributed by atoms with Gasteiger partial charge in [0.2, 0.25) is 0 Å². The van der Waals surface area contributed by atoms with Gasteiger partial charge in [-0.3, -0.25) is 0 Å². The molecule has 1 aliphatic rings. The van der Waals surface area contributed by atoms with E-state index in [0.29, 0.717) is 5.02 Å². The van der Waals surface area contributed by atoms with Gasteiger partial charge in [-0.25, -0.2) is 0 Å². The normalized spacial score (nSPS) is 25.7. The van der Waals surface area contributed by atoms with Crippen molar-refractivity contribution in [3.8, 4) is 0 Å².